The van der Waals surface area contributed by atoms with E-state index >= 15 is 0 Å². The first-order valence-electron chi connectivity index (χ1n) is 9.70. The van der Waals surface area contributed by atoms with Crippen molar-refractivity contribution in [2.45, 2.75) is 49.3 Å². The Morgan fingerprint density at radius 1 is 1.27 bits per heavy atom. The first kappa shape index (κ1) is 20.6. The van der Waals surface area contributed by atoms with Gasteiger partial charge in [0.05, 0.1) is 16.7 Å². The number of nitrogens with one attached hydrogen (secondary N) is 3. The summed E-state index contributed by atoms with van der Waals surface area (Å²) in [5.74, 6) is -1.08. The van der Waals surface area contributed by atoms with Crippen LogP contribution in [0.4, 0.5) is 4.39 Å². The van der Waals surface area contributed by atoms with Crippen LogP contribution in [-0.4, -0.2) is 50.9 Å². The third kappa shape index (κ3) is 3.99. The lowest BCUT2D eigenvalue weighted by Crippen LogP contribution is -2.70. The van der Waals surface area contributed by atoms with Crippen LogP contribution in [0.2, 0.25) is 5.02 Å². The first-order valence-corrected chi connectivity index (χ1v) is 10.1. The number of aromatic nitrogens is 2. The van der Waals surface area contributed by atoms with Crippen molar-refractivity contribution in [3.05, 3.63) is 47.0 Å². The zero-order valence-corrected chi connectivity index (χ0v) is 16.8. The van der Waals surface area contributed by atoms with Gasteiger partial charge in [-0.3, -0.25) is 14.7 Å². The van der Waals surface area contributed by atoms with Gasteiger partial charge in [-0.15, -0.1) is 0 Å². The summed E-state index contributed by atoms with van der Waals surface area (Å²) in [7, 11) is 0. The second-order valence-corrected chi connectivity index (χ2v) is 8.40. The van der Waals surface area contributed by atoms with Crippen molar-refractivity contribution in [3.8, 4) is 5.75 Å². The predicted octanol–water partition coefficient (Wildman–Crippen LogP) is 1.94. The van der Waals surface area contributed by atoms with Gasteiger partial charge in [-0.2, -0.15) is 5.10 Å². The van der Waals surface area contributed by atoms with E-state index in [0.717, 1.165) is 6.07 Å². The monoisotopic (exact) mass is 436 g/mol. The maximum atomic E-state index is 13.5. The Kier molecular flexibility index (Phi) is 5.42. The van der Waals surface area contributed by atoms with E-state index in [4.69, 9.17) is 16.3 Å². The summed E-state index contributed by atoms with van der Waals surface area (Å²) in [4.78, 5) is 24.8. The van der Waals surface area contributed by atoms with Gasteiger partial charge in [0.25, 0.3) is 11.8 Å². The molecule has 8 nitrogen and oxygen atoms in total. The average molecular weight is 437 g/mol. The molecule has 0 saturated heterocycles. The minimum Gasteiger partial charge on any atom is -0.484 e. The number of aliphatic hydroxyl groups is 1. The summed E-state index contributed by atoms with van der Waals surface area (Å²) in [5, 5.41) is 23.1. The van der Waals surface area contributed by atoms with E-state index in [-0.39, 0.29) is 29.2 Å². The quantitative estimate of drug-likeness (QED) is 0.552. The molecule has 4 N–H and O–H groups in total. The minimum absolute atomic E-state index is 0.0211. The van der Waals surface area contributed by atoms with Gasteiger partial charge < -0.3 is 20.5 Å². The van der Waals surface area contributed by atoms with Gasteiger partial charge in [-0.25, -0.2) is 4.39 Å². The van der Waals surface area contributed by atoms with E-state index in [0.29, 0.717) is 37.8 Å². The number of aliphatic hydroxyl groups excluding tert-OH is 1. The van der Waals surface area contributed by atoms with Crippen molar-refractivity contribution in [1.82, 2.24) is 20.8 Å². The van der Waals surface area contributed by atoms with Crippen molar-refractivity contribution in [1.29, 1.82) is 0 Å². The zero-order chi connectivity index (χ0) is 21.4. The summed E-state index contributed by atoms with van der Waals surface area (Å²) in [5.41, 5.74) is -0.930. The van der Waals surface area contributed by atoms with Crippen LogP contribution in [0.5, 0.6) is 5.75 Å². The van der Waals surface area contributed by atoms with E-state index in [2.05, 4.69) is 20.8 Å². The number of benzene rings is 1. The lowest BCUT2D eigenvalue weighted by atomic mass is 9.60. The van der Waals surface area contributed by atoms with Crippen LogP contribution in [0.3, 0.4) is 0 Å². The molecule has 10 heteroatoms. The lowest BCUT2D eigenvalue weighted by Gasteiger charge is -2.56. The molecule has 2 amide bonds. The molecule has 0 spiro atoms. The number of nitrogens with zero attached hydrogens (tertiary/aromatic N) is 1. The molecule has 1 unspecified atom stereocenters. The van der Waals surface area contributed by atoms with Crippen LogP contribution in [0.1, 0.15) is 42.6 Å². The topological polar surface area (TPSA) is 116 Å². The minimum atomic E-state index is -0.793. The molecule has 0 radical (unpaired) electrons. The van der Waals surface area contributed by atoms with Gasteiger partial charge in [-0.1, -0.05) is 11.6 Å². The highest BCUT2D eigenvalue weighted by atomic mass is 35.5. The number of rotatable bonds is 6. The van der Waals surface area contributed by atoms with Crippen LogP contribution in [0.15, 0.2) is 30.5 Å². The molecule has 3 saturated carbocycles. The number of fused-ring (bicyclic) bond motifs is 3. The van der Waals surface area contributed by atoms with Crippen LogP contribution in [0, 0.1) is 5.82 Å². The Balaban J connectivity index is 1.34. The molecule has 3 aliphatic carbocycles. The van der Waals surface area contributed by atoms with E-state index in [1.54, 1.807) is 6.07 Å². The van der Waals surface area contributed by atoms with E-state index < -0.39 is 23.0 Å². The fourth-order valence-corrected chi connectivity index (χ4v) is 4.50. The van der Waals surface area contributed by atoms with Crippen LogP contribution >= 0.6 is 11.6 Å². The SMILES string of the molecule is O=C(COc1ccc(Cl)c(F)c1)NC12CCC(NC(=O)c3ccn[nH]3)(CC1)C(O)C2. The summed E-state index contributed by atoms with van der Waals surface area (Å²) in [6, 6.07) is 5.54. The molecule has 1 atom stereocenters. The molecule has 2 aromatic rings. The fraction of sp³-hybridized carbons (Fsp3) is 0.450. The number of hydrogen-bond donors (Lipinski definition) is 4. The van der Waals surface area contributed by atoms with Gasteiger partial charge >= 0.3 is 0 Å². The molecule has 5 rings (SSSR count). The first-order chi connectivity index (χ1) is 14.3. The summed E-state index contributed by atoms with van der Waals surface area (Å²) in [6.45, 7) is -0.277. The third-order valence-corrected chi connectivity index (χ3v) is 6.40. The smallest absolute Gasteiger partial charge is 0.269 e. The van der Waals surface area contributed by atoms with Crippen molar-refractivity contribution >= 4 is 23.4 Å². The van der Waals surface area contributed by atoms with Crippen LogP contribution in [-0.2, 0) is 4.79 Å². The zero-order valence-electron chi connectivity index (χ0n) is 16.1. The van der Waals surface area contributed by atoms with Gasteiger partial charge in [0.1, 0.15) is 17.3 Å². The maximum Gasteiger partial charge on any atom is 0.269 e. The molecule has 1 heterocycles. The van der Waals surface area contributed by atoms with Crippen molar-refractivity contribution < 1.29 is 23.8 Å². The summed E-state index contributed by atoms with van der Waals surface area (Å²) >= 11 is 5.63. The van der Waals surface area contributed by atoms with Gasteiger partial charge in [-0.05, 0) is 50.3 Å². The Morgan fingerprint density at radius 2 is 2.03 bits per heavy atom. The summed E-state index contributed by atoms with van der Waals surface area (Å²) < 4.78 is 18.8. The number of hydrogen-bond acceptors (Lipinski definition) is 5. The molecule has 2 bridgehead atoms. The second-order valence-electron chi connectivity index (χ2n) is 7.99. The Labute approximate surface area is 177 Å². The number of carbonyl (C=O) groups excluding carboxylic acids is 2. The van der Waals surface area contributed by atoms with Crippen molar-refractivity contribution in [2.75, 3.05) is 6.61 Å². The van der Waals surface area contributed by atoms with Crippen LogP contribution < -0.4 is 15.4 Å². The number of halogens is 2. The molecule has 3 aliphatic rings. The number of aromatic amines is 1. The Bertz CT molecular complexity index is 944. The van der Waals surface area contributed by atoms with Gasteiger partial charge in [0, 0.05) is 17.8 Å². The van der Waals surface area contributed by atoms with E-state index in [9.17, 15) is 19.1 Å². The number of H-pyrrole nitrogens is 1. The molecule has 0 aliphatic heterocycles. The Hall–Kier alpha value is -2.65. The van der Waals surface area contributed by atoms with E-state index in [1.807, 2.05) is 0 Å². The van der Waals surface area contributed by atoms with E-state index in [1.165, 1.54) is 18.3 Å². The molecular formula is C20H22ClFN4O4. The fourth-order valence-electron chi connectivity index (χ4n) is 4.38. The number of ether oxygens (including phenoxy) is 1. The highest BCUT2D eigenvalue weighted by Crippen LogP contribution is 2.47. The number of carbonyl (C=O) groups is 2. The van der Waals surface area contributed by atoms with Crippen molar-refractivity contribution in [3.63, 3.8) is 0 Å². The lowest BCUT2D eigenvalue weighted by molar-refractivity contribution is -0.129. The highest BCUT2D eigenvalue weighted by molar-refractivity contribution is 6.30. The molecule has 3 fully saturated rings. The van der Waals surface area contributed by atoms with Gasteiger partial charge in [0.2, 0.25) is 0 Å². The van der Waals surface area contributed by atoms with Crippen molar-refractivity contribution in [2.24, 2.45) is 0 Å². The molecule has 160 valence electrons. The van der Waals surface area contributed by atoms with Gasteiger partial charge in [0.15, 0.2) is 6.61 Å². The maximum absolute atomic E-state index is 13.5. The molecular weight excluding hydrogens is 415 g/mol. The molecule has 30 heavy (non-hydrogen) atoms. The average Bonchev–Trinajstić information content (AvgIpc) is 3.25. The largest absolute Gasteiger partial charge is 0.484 e. The predicted molar refractivity (Wildman–Crippen MR) is 106 cm³/mol. The summed E-state index contributed by atoms with van der Waals surface area (Å²) in [6.07, 6.45) is 3.35. The normalized spacial score (nSPS) is 27.5. The molecule has 1 aromatic heterocycles. The standard InChI is InChI=1S/C20H22ClFN4O4/c21-13-2-1-12(9-14(13)22)30-11-17(28)24-19-4-6-20(7-5-19,16(27)10-19)25-18(29)15-3-8-23-26-15/h1-3,8-9,16,27H,4-7,10-11H2,(H,23,26)(H,24,28)(H,25,29). The Morgan fingerprint density at radius 3 is 2.67 bits per heavy atom. The number of amides is 2. The van der Waals surface area contributed by atoms with Crippen LogP contribution in [0.25, 0.3) is 0 Å². The highest BCUT2D eigenvalue weighted by Gasteiger charge is 2.55. The second kappa shape index (κ2) is 7.88. The molecule has 1 aromatic carbocycles. The third-order valence-electron chi connectivity index (χ3n) is 6.09.